The van der Waals surface area contributed by atoms with E-state index < -0.39 is 0 Å². The van der Waals surface area contributed by atoms with Crippen molar-refractivity contribution in [1.29, 1.82) is 0 Å². The number of rotatable bonds is 9. The number of carbonyl (C=O) groups excluding carboxylic acids is 2. The van der Waals surface area contributed by atoms with Gasteiger partial charge in [-0.05, 0) is 39.2 Å². The number of allylic oxidation sites excluding steroid dienone is 1. The molecule has 25 heavy (non-hydrogen) atoms. The molecule has 0 spiro atoms. The minimum absolute atomic E-state index is 0.0357. The first-order chi connectivity index (χ1) is 11.8. The molecule has 1 atom stereocenters. The van der Waals surface area contributed by atoms with E-state index in [0.29, 0.717) is 29.8 Å². The SMILES string of the molecule is C=C(C)CCC(CC(=O)c1cc(N)cc(OC)c1CC)C(C)=O.CC. The second kappa shape index (κ2) is 11.5. The van der Waals surface area contributed by atoms with Crippen LogP contribution >= 0.6 is 0 Å². The van der Waals surface area contributed by atoms with E-state index in [4.69, 9.17) is 10.5 Å². The molecule has 0 saturated carbocycles. The van der Waals surface area contributed by atoms with E-state index >= 15 is 0 Å². The van der Waals surface area contributed by atoms with Crippen LogP contribution in [0, 0.1) is 5.92 Å². The molecule has 0 saturated heterocycles. The van der Waals surface area contributed by atoms with Crippen molar-refractivity contribution < 1.29 is 14.3 Å². The molecule has 0 fully saturated rings. The third-order valence-corrected chi connectivity index (χ3v) is 4.03. The normalized spacial score (nSPS) is 11.1. The average Bonchev–Trinajstić information content (AvgIpc) is 2.58. The highest BCUT2D eigenvalue weighted by atomic mass is 16.5. The Labute approximate surface area is 152 Å². The Hall–Kier alpha value is -2.10. The summed E-state index contributed by atoms with van der Waals surface area (Å²) in [6, 6.07) is 3.40. The van der Waals surface area contributed by atoms with Crippen LogP contribution in [0.3, 0.4) is 0 Å². The molecule has 0 aliphatic heterocycles. The number of anilines is 1. The molecule has 1 aromatic rings. The van der Waals surface area contributed by atoms with Crippen LogP contribution in [0.15, 0.2) is 24.3 Å². The lowest BCUT2D eigenvalue weighted by molar-refractivity contribution is -0.120. The summed E-state index contributed by atoms with van der Waals surface area (Å²) in [7, 11) is 1.56. The lowest BCUT2D eigenvalue weighted by Crippen LogP contribution is -2.17. The summed E-state index contributed by atoms with van der Waals surface area (Å²) in [5, 5.41) is 0. The van der Waals surface area contributed by atoms with Gasteiger partial charge >= 0.3 is 0 Å². The molecule has 140 valence electrons. The van der Waals surface area contributed by atoms with Crippen molar-refractivity contribution in [3.63, 3.8) is 0 Å². The van der Waals surface area contributed by atoms with Crippen LogP contribution in [0.4, 0.5) is 5.69 Å². The first-order valence-electron chi connectivity index (χ1n) is 8.94. The predicted octanol–water partition coefficient (Wildman–Crippen LogP) is 5.00. The molecule has 0 heterocycles. The van der Waals surface area contributed by atoms with E-state index in [1.165, 1.54) is 6.92 Å². The van der Waals surface area contributed by atoms with E-state index in [0.717, 1.165) is 17.6 Å². The summed E-state index contributed by atoms with van der Waals surface area (Å²) in [6.07, 6.45) is 2.26. The van der Waals surface area contributed by atoms with Crippen molar-refractivity contribution in [3.05, 3.63) is 35.4 Å². The summed E-state index contributed by atoms with van der Waals surface area (Å²) in [6.45, 7) is 13.3. The van der Waals surface area contributed by atoms with E-state index in [1.807, 2.05) is 27.7 Å². The maximum atomic E-state index is 12.7. The molecular formula is C21H33NO3. The molecule has 0 aliphatic carbocycles. The highest BCUT2D eigenvalue weighted by Gasteiger charge is 2.22. The number of ketones is 2. The Balaban J connectivity index is 0.00000277. The third kappa shape index (κ3) is 7.12. The standard InChI is InChI=1S/C19H27NO3.C2H6/c1-6-16-17(10-15(20)11-19(16)23-5)18(22)9-14(13(4)21)8-7-12(2)3;1-2/h10-11,14H,2,6-9,20H2,1,3-5H3;1-2H3. The minimum atomic E-state index is -0.281. The van der Waals surface area contributed by atoms with Gasteiger partial charge in [0, 0.05) is 35.2 Å². The lowest BCUT2D eigenvalue weighted by atomic mass is 9.88. The molecule has 4 heteroatoms. The number of ether oxygens (including phenoxy) is 1. The number of hydrogen-bond acceptors (Lipinski definition) is 4. The first-order valence-corrected chi connectivity index (χ1v) is 8.94. The minimum Gasteiger partial charge on any atom is -0.496 e. The smallest absolute Gasteiger partial charge is 0.164 e. The Morgan fingerprint density at radius 2 is 1.84 bits per heavy atom. The fraction of sp³-hybridized carbons (Fsp3) is 0.524. The molecule has 0 aliphatic rings. The third-order valence-electron chi connectivity index (χ3n) is 4.03. The van der Waals surface area contributed by atoms with Gasteiger partial charge in [0.2, 0.25) is 0 Å². The largest absolute Gasteiger partial charge is 0.496 e. The molecule has 0 radical (unpaired) electrons. The average molecular weight is 347 g/mol. The number of Topliss-reactive ketones (excluding diaryl/α,β-unsaturated/α-hetero) is 2. The summed E-state index contributed by atoms with van der Waals surface area (Å²) >= 11 is 0. The van der Waals surface area contributed by atoms with Crippen LogP contribution < -0.4 is 10.5 Å². The summed E-state index contributed by atoms with van der Waals surface area (Å²) in [5.74, 6) is 0.316. The van der Waals surface area contributed by atoms with E-state index in [-0.39, 0.29) is 23.9 Å². The molecule has 0 bridgehead atoms. The zero-order valence-corrected chi connectivity index (χ0v) is 16.6. The quantitative estimate of drug-likeness (QED) is 0.388. The van der Waals surface area contributed by atoms with Gasteiger partial charge in [-0.2, -0.15) is 0 Å². The van der Waals surface area contributed by atoms with Crippen molar-refractivity contribution in [2.45, 2.75) is 60.3 Å². The van der Waals surface area contributed by atoms with Gasteiger partial charge in [0.1, 0.15) is 11.5 Å². The van der Waals surface area contributed by atoms with Gasteiger partial charge in [-0.1, -0.05) is 26.3 Å². The van der Waals surface area contributed by atoms with Crippen LogP contribution in [-0.2, 0) is 11.2 Å². The highest BCUT2D eigenvalue weighted by Crippen LogP contribution is 2.29. The fourth-order valence-corrected chi connectivity index (χ4v) is 2.67. The fourth-order valence-electron chi connectivity index (χ4n) is 2.67. The van der Waals surface area contributed by atoms with Gasteiger partial charge in [-0.15, -0.1) is 6.58 Å². The van der Waals surface area contributed by atoms with Gasteiger partial charge in [0.05, 0.1) is 7.11 Å². The van der Waals surface area contributed by atoms with E-state index in [1.54, 1.807) is 19.2 Å². The van der Waals surface area contributed by atoms with Gasteiger partial charge in [-0.25, -0.2) is 0 Å². The zero-order chi connectivity index (χ0) is 19.6. The molecule has 4 nitrogen and oxygen atoms in total. The Morgan fingerprint density at radius 1 is 1.24 bits per heavy atom. The van der Waals surface area contributed by atoms with Crippen molar-refractivity contribution >= 4 is 17.3 Å². The van der Waals surface area contributed by atoms with Crippen molar-refractivity contribution in [2.75, 3.05) is 12.8 Å². The summed E-state index contributed by atoms with van der Waals surface area (Å²) in [4.78, 5) is 24.6. The molecule has 1 unspecified atom stereocenters. The highest BCUT2D eigenvalue weighted by molar-refractivity contribution is 6.01. The summed E-state index contributed by atoms with van der Waals surface area (Å²) in [5.41, 5.74) is 8.78. The van der Waals surface area contributed by atoms with E-state index in [9.17, 15) is 9.59 Å². The van der Waals surface area contributed by atoms with Crippen LogP contribution in [0.2, 0.25) is 0 Å². The number of carbonyl (C=O) groups is 2. The van der Waals surface area contributed by atoms with Crippen LogP contribution in [0.1, 0.15) is 69.8 Å². The Morgan fingerprint density at radius 3 is 2.28 bits per heavy atom. The monoisotopic (exact) mass is 347 g/mol. The predicted molar refractivity (Wildman–Crippen MR) is 105 cm³/mol. The molecule has 2 N–H and O–H groups in total. The molecule has 0 aromatic heterocycles. The van der Waals surface area contributed by atoms with Crippen molar-refractivity contribution in [2.24, 2.45) is 5.92 Å². The number of nitrogen functional groups attached to an aromatic ring is 1. The van der Waals surface area contributed by atoms with Gasteiger partial charge in [-0.3, -0.25) is 9.59 Å². The topological polar surface area (TPSA) is 69.4 Å². The number of methoxy groups -OCH3 is 1. The van der Waals surface area contributed by atoms with Crippen LogP contribution in [0.5, 0.6) is 5.75 Å². The Bertz CT molecular complexity index is 605. The second-order valence-corrected chi connectivity index (χ2v) is 6.03. The number of hydrogen-bond donors (Lipinski definition) is 1. The molecule has 0 amide bonds. The molecular weight excluding hydrogens is 314 g/mol. The van der Waals surface area contributed by atoms with Gasteiger partial charge in [0.15, 0.2) is 5.78 Å². The van der Waals surface area contributed by atoms with Crippen molar-refractivity contribution in [1.82, 2.24) is 0 Å². The van der Waals surface area contributed by atoms with Crippen LogP contribution in [-0.4, -0.2) is 18.7 Å². The van der Waals surface area contributed by atoms with Crippen LogP contribution in [0.25, 0.3) is 0 Å². The maximum absolute atomic E-state index is 12.7. The first kappa shape index (κ1) is 22.9. The lowest BCUT2D eigenvalue weighted by Gasteiger charge is -2.16. The van der Waals surface area contributed by atoms with Gasteiger partial charge in [0.25, 0.3) is 0 Å². The molecule has 1 aromatic carbocycles. The number of benzene rings is 1. The Kier molecular flexibility index (Phi) is 10.5. The van der Waals surface area contributed by atoms with Crippen molar-refractivity contribution in [3.8, 4) is 5.75 Å². The molecule has 1 rings (SSSR count). The zero-order valence-electron chi connectivity index (χ0n) is 16.6. The summed E-state index contributed by atoms with van der Waals surface area (Å²) < 4.78 is 5.33. The van der Waals surface area contributed by atoms with E-state index in [2.05, 4.69) is 6.58 Å². The van der Waals surface area contributed by atoms with Gasteiger partial charge < -0.3 is 10.5 Å². The maximum Gasteiger partial charge on any atom is 0.164 e. The second-order valence-electron chi connectivity index (χ2n) is 6.03. The number of nitrogens with two attached hydrogens (primary N) is 1.